The van der Waals surface area contributed by atoms with Crippen molar-refractivity contribution < 1.29 is 4.79 Å². The Hall–Kier alpha value is -1.55. The van der Waals surface area contributed by atoms with Crippen LogP contribution in [0.2, 0.25) is 0 Å². The maximum absolute atomic E-state index is 12.1. The largest absolute Gasteiger partial charge is 0.398 e. The highest BCUT2D eigenvalue weighted by molar-refractivity contribution is 5.92. The third kappa shape index (κ3) is 4.46. The van der Waals surface area contributed by atoms with Crippen LogP contribution >= 0.6 is 0 Å². The molecule has 1 aromatic rings. The van der Waals surface area contributed by atoms with Gasteiger partial charge in [-0.1, -0.05) is 19.9 Å². The van der Waals surface area contributed by atoms with E-state index < -0.39 is 0 Å². The lowest BCUT2D eigenvalue weighted by atomic mass is 9.84. The van der Waals surface area contributed by atoms with Gasteiger partial charge in [-0.3, -0.25) is 4.79 Å². The fourth-order valence-corrected chi connectivity index (χ4v) is 3.00. The fraction of sp³-hybridized carbons (Fsp3) is 0.588. The zero-order valence-electron chi connectivity index (χ0n) is 13.4. The van der Waals surface area contributed by atoms with E-state index in [1.165, 1.54) is 12.8 Å². The highest BCUT2D eigenvalue weighted by Crippen LogP contribution is 2.28. The molecule has 1 amide bonds. The third-order valence-electron chi connectivity index (χ3n) is 4.28. The van der Waals surface area contributed by atoms with Crippen molar-refractivity contribution in [2.45, 2.75) is 40.0 Å². The van der Waals surface area contributed by atoms with Gasteiger partial charge in [0.25, 0.3) is 0 Å². The summed E-state index contributed by atoms with van der Waals surface area (Å²) in [5.74, 6) is 0.0621. The van der Waals surface area contributed by atoms with Gasteiger partial charge in [-0.2, -0.15) is 0 Å². The Balaban J connectivity index is 1.84. The number of likely N-dealkylation sites (tertiary alicyclic amines) is 1. The summed E-state index contributed by atoms with van der Waals surface area (Å²) in [5, 5.41) is 2.97. The van der Waals surface area contributed by atoms with E-state index in [9.17, 15) is 4.79 Å². The van der Waals surface area contributed by atoms with E-state index in [0.29, 0.717) is 17.5 Å². The molecule has 4 nitrogen and oxygen atoms in total. The molecule has 0 unspecified atom stereocenters. The summed E-state index contributed by atoms with van der Waals surface area (Å²) >= 11 is 0. The van der Waals surface area contributed by atoms with Crippen LogP contribution in [0.1, 0.15) is 38.7 Å². The molecule has 116 valence electrons. The molecule has 21 heavy (non-hydrogen) atoms. The second-order valence-corrected chi connectivity index (χ2v) is 6.86. The van der Waals surface area contributed by atoms with Gasteiger partial charge in [-0.05, 0) is 49.4 Å². The van der Waals surface area contributed by atoms with E-state index >= 15 is 0 Å². The molecular weight excluding hydrogens is 262 g/mol. The van der Waals surface area contributed by atoms with Gasteiger partial charge < -0.3 is 16.0 Å². The van der Waals surface area contributed by atoms with Crippen molar-refractivity contribution in [2.75, 3.05) is 30.7 Å². The Morgan fingerprint density at radius 2 is 2.19 bits per heavy atom. The van der Waals surface area contributed by atoms with Gasteiger partial charge in [-0.15, -0.1) is 0 Å². The van der Waals surface area contributed by atoms with Crippen LogP contribution in [0.25, 0.3) is 0 Å². The topological polar surface area (TPSA) is 58.4 Å². The first-order valence-corrected chi connectivity index (χ1v) is 7.75. The van der Waals surface area contributed by atoms with Crippen LogP contribution in [0.15, 0.2) is 18.2 Å². The molecule has 1 saturated heterocycles. The fourth-order valence-electron chi connectivity index (χ4n) is 3.00. The Kier molecular flexibility index (Phi) is 4.88. The van der Waals surface area contributed by atoms with Gasteiger partial charge in [0.1, 0.15) is 0 Å². The highest BCUT2D eigenvalue weighted by atomic mass is 16.1. The van der Waals surface area contributed by atoms with Crippen molar-refractivity contribution >= 4 is 17.3 Å². The molecule has 4 heteroatoms. The molecule has 1 aliphatic heterocycles. The SMILES string of the molecule is Cc1c(N)cccc1NC(=O)CCN1CCCC(C)(C)C1. The molecule has 1 aromatic carbocycles. The molecule has 2 rings (SSSR count). The number of hydrogen-bond donors (Lipinski definition) is 2. The van der Waals surface area contributed by atoms with Crippen LogP contribution in [0.4, 0.5) is 11.4 Å². The van der Waals surface area contributed by atoms with Crippen molar-refractivity contribution in [1.82, 2.24) is 4.90 Å². The first kappa shape index (κ1) is 15.8. The Bertz CT molecular complexity index is 511. The molecule has 3 N–H and O–H groups in total. The average molecular weight is 289 g/mol. The molecule has 0 aromatic heterocycles. The summed E-state index contributed by atoms with van der Waals surface area (Å²) in [6.07, 6.45) is 3.03. The lowest BCUT2D eigenvalue weighted by molar-refractivity contribution is -0.116. The van der Waals surface area contributed by atoms with Crippen LogP contribution in [0.5, 0.6) is 0 Å². The summed E-state index contributed by atoms with van der Waals surface area (Å²) in [4.78, 5) is 14.5. The number of carbonyl (C=O) groups is 1. The van der Waals surface area contributed by atoms with Gasteiger partial charge >= 0.3 is 0 Å². The predicted molar refractivity (Wildman–Crippen MR) is 88.3 cm³/mol. The van der Waals surface area contributed by atoms with E-state index in [1.807, 2.05) is 25.1 Å². The highest BCUT2D eigenvalue weighted by Gasteiger charge is 2.26. The quantitative estimate of drug-likeness (QED) is 0.838. The summed E-state index contributed by atoms with van der Waals surface area (Å²) in [6, 6.07) is 5.61. The van der Waals surface area contributed by atoms with E-state index in [4.69, 9.17) is 5.73 Å². The average Bonchev–Trinajstić information content (AvgIpc) is 2.41. The van der Waals surface area contributed by atoms with Crippen molar-refractivity contribution in [3.63, 3.8) is 0 Å². The number of nitrogens with zero attached hydrogens (tertiary/aromatic N) is 1. The zero-order valence-corrected chi connectivity index (χ0v) is 13.4. The molecule has 0 aliphatic carbocycles. The molecule has 1 heterocycles. The van der Waals surface area contributed by atoms with Crippen molar-refractivity contribution in [3.05, 3.63) is 23.8 Å². The molecule has 0 bridgehead atoms. The van der Waals surface area contributed by atoms with Gasteiger partial charge in [0.05, 0.1) is 0 Å². The Morgan fingerprint density at radius 1 is 1.43 bits per heavy atom. The number of nitrogens with one attached hydrogen (secondary N) is 1. The van der Waals surface area contributed by atoms with Crippen molar-refractivity contribution in [3.8, 4) is 0 Å². The normalized spacial score (nSPS) is 18.4. The minimum Gasteiger partial charge on any atom is -0.398 e. The summed E-state index contributed by atoms with van der Waals surface area (Å²) < 4.78 is 0. The zero-order chi connectivity index (χ0) is 15.5. The van der Waals surface area contributed by atoms with Gasteiger partial charge in [0, 0.05) is 30.9 Å². The van der Waals surface area contributed by atoms with Gasteiger partial charge in [0.15, 0.2) is 0 Å². The van der Waals surface area contributed by atoms with Crippen LogP contribution in [0, 0.1) is 12.3 Å². The van der Waals surface area contributed by atoms with Crippen molar-refractivity contribution in [2.24, 2.45) is 5.41 Å². The summed E-state index contributed by atoms with van der Waals surface area (Å²) in [5.41, 5.74) is 8.70. The lowest BCUT2D eigenvalue weighted by Crippen LogP contribution is -2.41. The predicted octanol–water partition coefficient (Wildman–Crippen LogP) is 3.03. The van der Waals surface area contributed by atoms with Crippen LogP contribution in [0.3, 0.4) is 0 Å². The number of hydrogen-bond acceptors (Lipinski definition) is 3. The molecule has 0 atom stereocenters. The molecule has 0 radical (unpaired) electrons. The number of nitrogens with two attached hydrogens (primary N) is 1. The maximum Gasteiger partial charge on any atom is 0.225 e. The summed E-state index contributed by atoms with van der Waals surface area (Å²) in [6.45, 7) is 9.55. The van der Waals surface area contributed by atoms with Crippen LogP contribution in [-0.4, -0.2) is 30.4 Å². The van der Waals surface area contributed by atoms with Gasteiger partial charge in [0.2, 0.25) is 5.91 Å². The molecule has 0 spiro atoms. The maximum atomic E-state index is 12.1. The minimum atomic E-state index is 0.0621. The number of rotatable bonds is 4. The number of nitrogen functional groups attached to an aromatic ring is 1. The Labute approximate surface area is 127 Å². The summed E-state index contributed by atoms with van der Waals surface area (Å²) in [7, 11) is 0. The number of anilines is 2. The molecule has 0 saturated carbocycles. The minimum absolute atomic E-state index is 0.0621. The van der Waals surface area contributed by atoms with Crippen molar-refractivity contribution in [1.29, 1.82) is 0 Å². The molecule has 1 fully saturated rings. The van der Waals surface area contributed by atoms with E-state index in [0.717, 1.165) is 30.9 Å². The number of benzene rings is 1. The number of amides is 1. The first-order valence-electron chi connectivity index (χ1n) is 7.75. The smallest absolute Gasteiger partial charge is 0.225 e. The Morgan fingerprint density at radius 3 is 2.90 bits per heavy atom. The number of carbonyl (C=O) groups excluding carboxylic acids is 1. The first-order chi connectivity index (χ1) is 9.87. The van der Waals surface area contributed by atoms with E-state index in [2.05, 4.69) is 24.1 Å². The second kappa shape index (κ2) is 6.48. The molecule has 1 aliphatic rings. The number of piperidine rings is 1. The standard InChI is InChI=1S/C17H27N3O/c1-13-14(18)6-4-7-15(13)19-16(21)8-11-20-10-5-9-17(2,3)12-20/h4,6-7H,5,8-12,18H2,1-3H3,(H,19,21). The van der Waals surface area contributed by atoms with E-state index in [1.54, 1.807) is 0 Å². The lowest BCUT2D eigenvalue weighted by Gasteiger charge is -2.37. The van der Waals surface area contributed by atoms with Crippen LogP contribution < -0.4 is 11.1 Å². The van der Waals surface area contributed by atoms with Crippen LogP contribution in [-0.2, 0) is 4.79 Å². The van der Waals surface area contributed by atoms with Gasteiger partial charge in [-0.25, -0.2) is 0 Å². The third-order valence-corrected chi connectivity index (χ3v) is 4.28. The van der Waals surface area contributed by atoms with E-state index in [-0.39, 0.29) is 5.91 Å². The second-order valence-electron chi connectivity index (χ2n) is 6.86. The monoisotopic (exact) mass is 289 g/mol. The molecular formula is C17H27N3O.